The Morgan fingerprint density at radius 1 is 1.37 bits per heavy atom. The number of carbonyl (C=O) groups excluding carboxylic acids is 1. The van der Waals surface area contributed by atoms with Crippen molar-refractivity contribution in [1.82, 2.24) is 4.90 Å². The Labute approximate surface area is 204 Å². The summed E-state index contributed by atoms with van der Waals surface area (Å²) < 4.78 is 151. The second kappa shape index (κ2) is 9.56. The van der Waals surface area contributed by atoms with Gasteiger partial charge in [0.1, 0.15) is 12.1 Å². The molecule has 2 aliphatic rings. The molecular weight excluding hydrogens is 380 g/mol. The van der Waals surface area contributed by atoms with Crippen LogP contribution in [0.2, 0.25) is 0 Å². The molecule has 168 valence electrons. The minimum Gasteiger partial charge on any atom is -0.493 e. The predicted octanol–water partition coefficient (Wildman–Crippen LogP) is 3.56. The highest BCUT2D eigenvalue weighted by Gasteiger charge is 2.41. The van der Waals surface area contributed by atoms with E-state index in [0.717, 1.165) is 6.92 Å². The maximum atomic E-state index is 13.5. The molecule has 0 bridgehead atoms. The van der Waals surface area contributed by atoms with Gasteiger partial charge in [-0.05, 0) is 47.8 Å². The number of carbonyl (C=O) groups is 1. The van der Waals surface area contributed by atoms with E-state index in [2.05, 4.69) is 0 Å². The first-order valence-corrected chi connectivity index (χ1v) is 9.49. The van der Waals surface area contributed by atoms with E-state index in [1.807, 2.05) is 0 Å². The standard InChI is InChI=1S/C24H38N2O4/c1-14(2)9-17-13-26-8-7-16-10-21(28-5)22(29-6)11-18(16)19(26)12-20(17)30-24(27)23(25)15(3)4/h10-11,14-15,17,19-20,23H,7-9,12-13,25H2,1-6H3/t17?,19?,20?,23-/m0/s1/i1D3,3D3,4D3,5D3,9D2,14D,15D,23D/t14?,17?,19?,20?,23-. The summed E-state index contributed by atoms with van der Waals surface area (Å²) in [5.74, 6) is -10.4. The molecule has 0 amide bonds. The highest BCUT2D eigenvalue weighted by molar-refractivity contribution is 5.76. The Morgan fingerprint density at radius 3 is 2.87 bits per heavy atom. The third-order valence-corrected chi connectivity index (χ3v) is 5.49. The summed E-state index contributed by atoms with van der Waals surface area (Å²) in [6.45, 7) is -10.0. The average Bonchev–Trinajstić information content (AvgIpc) is 2.88. The first kappa shape index (κ1) is 9.37. The fraction of sp³-hybridized carbons (Fsp3) is 0.708. The maximum absolute atomic E-state index is 13.5. The number of nitrogens with two attached hydrogens (primary N) is 1. The number of methoxy groups -OCH3 is 2. The molecule has 1 saturated heterocycles. The van der Waals surface area contributed by atoms with Gasteiger partial charge >= 0.3 is 5.97 Å². The number of hydrogen-bond donors (Lipinski definition) is 1. The zero-order chi connectivity index (χ0) is 36.6. The van der Waals surface area contributed by atoms with Gasteiger partial charge in [0.2, 0.25) is 0 Å². The molecule has 1 fully saturated rings. The Balaban J connectivity index is 2.16. The number of nitrogens with zero attached hydrogens (tertiary/aromatic N) is 1. The van der Waals surface area contributed by atoms with Crippen molar-refractivity contribution in [3.8, 4) is 11.5 Å². The number of benzene rings is 1. The van der Waals surface area contributed by atoms with Gasteiger partial charge in [-0.1, -0.05) is 27.5 Å². The summed E-state index contributed by atoms with van der Waals surface area (Å²) >= 11 is 0. The van der Waals surface area contributed by atoms with Gasteiger partial charge < -0.3 is 19.9 Å². The number of fused-ring (bicyclic) bond motifs is 3. The monoisotopic (exact) mass is 435 g/mol. The molecule has 30 heavy (non-hydrogen) atoms. The summed E-state index contributed by atoms with van der Waals surface area (Å²) in [6, 6.07) is -1.57. The summed E-state index contributed by atoms with van der Waals surface area (Å²) in [7, 11) is -1.54. The first-order valence-electron chi connectivity index (χ1n) is 18.0. The van der Waals surface area contributed by atoms with Crippen LogP contribution in [0.15, 0.2) is 12.1 Å². The molecule has 0 radical (unpaired) electrons. The normalized spacial score (nSPS) is 38.8. The molecule has 0 aliphatic carbocycles. The first-order chi connectivity index (χ1) is 20.8. The van der Waals surface area contributed by atoms with E-state index in [9.17, 15) is 4.79 Å². The van der Waals surface area contributed by atoms with Crippen LogP contribution in [0, 0.1) is 17.7 Å². The molecule has 0 saturated carbocycles. The molecule has 1 aromatic rings. The minimum absolute atomic E-state index is 0.0235. The zero-order valence-electron chi connectivity index (χ0n) is 33.9. The van der Waals surface area contributed by atoms with Crippen molar-refractivity contribution in [2.45, 2.75) is 64.9 Å². The Morgan fingerprint density at radius 2 is 2.17 bits per heavy atom. The minimum atomic E-state index is -3.91. The van der Waals surface area contributed by atoms with Gasteiger partial charge in [-0.2, -0.15) is 0 Å². The van der Waals surface area contributed by atoms with Crippen LogP contribution in [0.5, 0.6) is 11.5 Å². The summed E-state index contributed by atoms with van der Waals surface area (Å²) in [4.78, 5) is 15.3. The van der Waals surface area contributed by atoms with Crippen molar-refractivity contribution in [3.63, 3.8) is 0 Å². The maximum Gasteiger partial charge on any atom is 0.323 e. The van der Waals surface area contributed by atoms with Crippen molar-refractivity contribution in [3.05, 3.63) is 23.3 Å². The lowest BCUT2D eigenvalue weighted by atomic mass is 9.79. The molecule has 2 heterocycles. The molecule has 0 aromatic heterocycles. The van der Waals surface area contributed by atoms with Crippen molar-refractivity contribution >= 4 is 5.97 Å². The van der Waals surface area contributed by atoms with Gasteiger partial charge in [-0.25, -0.2) is 0 Å². The molecule has 3 rings (SSSR count). The number of esters is 1. The average molecular weight is 436 g/mol. The number of piperidine rings is 1. The number of ether oxygens (including phenoxy) is 3. The molecule has 0 spiro atoms. The number of hydrogen-bond acceptors (Lipinski definition) is 6. The Bertz CT molecular complexity index is 1320. The van der Waals surface area contributed by atoms with E-state index in [1.165, 1.54) is 19.2 Å². The van der Waals surface area contributed by atoms with Crippen LogP contribution in [0.4, 0.5) is 0 Å². The van der Waals surface area contributed by atoms with E-state index >= 15 is 0 Å². The van der Waals surface area contributed by atoms with Gasteiger partial charge in [0.15, 0.2) is 11.5 Å². The van der Waals surface area contributed by atoms with Crippen LogP contribution in [0.25, 0.3) is 0 Å². The van der Waals surface area contributed by atoms with Gasteiger partial charge in [0, 0.05) is 49.3 Å². The van der Waals surface area contributed by atoms with Gasteiger partial charge in [-0.15, -0.1) is 0 Å². The lowest BCUT2D eigenvalue weighted by Gasteiger charge is -2.47. The smallest absolute Gasteiger partial charge is 0.323 e. The third-order valence-electron chi connectivity index (χ3n) is 5.49. The molecule has 2 aliphatic heterocycles. The SMILES string of the molecule is [2H]C([2H])([2H])Oc1cc2c(cc1OC)C1CC(OC(=O)[C@@]([2H])(N)C([2H])(C([2H])([2H])[2H])C([2H])([2H])[2H])C(C([2H])([2H])C([2H])(C)C([2H])([2H])[2H])CN1CC2. The van der Waals surface area contributed by atoms with E-state index in [-0.39, 0.29) is 31.0 Å². The molecule has 1 aromatic carbocycles. The molecule has 6 nitrogen and oxygen atoms in total. The Hall–Kier alpha value is -1.79. The summed E-state index contributed by atoms with van der Waals surface area (Å²) in [5.41, 5.74) is 6.83. The van der Waals surface area contributed by atoms with E-state index in [0.29, 0.717) is 17.5 Å². The zero-order valence-corrected chi connectivity index (χ0v) is 16.9. The fourth-order valence-corrected chi connectivity index (χ4v) is 4.10. The van der Waals surface area contributed by atoms with Crippen LogP contribution in [0.3, 0.4) is 0 Å². The third kappa shape index (κ3) is 4.75. The Kier molecular flexibility index (Phi) is 2.99. The molecule has 5 atom stereocenters. The predicted molar refractivity (Wildman–Crippen MR) is 118 cm³/mol. The van der Waals surface area contributed by atoms with E-state index in [4.69, 9.17) is 43.2 Å². The summed E-state index contributed by atoms with van der Waals surface area (Å²) in [5, 5.41) is 0. The van der Waals surface area contributed by atoms with Crippen molar-refractivity contribution in [2.75, 3.05) is 27.2 Å². The van der Waals surface area contributed by atoms with Crippen molar-refractivity contribution < 1.29 is 42.3 Å². The van der Waals surface area contributed by atoms with Crippen molar-refractivity contribution in [1.29, 1.82) is 0 Å². The molecule has 6 heteroatoms. The van der Waals surface area contributed by atoms with Crippen LogP contribution < -0.4 is 15.2 Å². The number of rotatable bonds is 7. The fourth-order valence-electron chi connectivity index (χ4n) is 4.10. The van der Waals surface area contributed by atoms with Crippen molar-refractivity contribution in [2.24, 2.45) is 23.4 Å². The molecular formula is C24H38N2O4. The second-order valence-electron chi connectivity index (χ2n) is 7.41. The topological polar surface area (TPSA) is 74.0 Å². The largest absolute Gasteiger partial charge is 0.493 e. The van der Waals surface area contributed by atoms with Crippen LogP contribution >= 0.6 is 0 Å². The lowest BCUT2D eigenvalue weighted by molar-refractivity contribution is -0.160. The highest BCUT2D eigenvalue weighted by atomic mass is 16.5. The van der Waals surface area contributed by atoms with Gasteiger partial charge in [0.05, 0.1) is 19.6 Å². The molecule has 4 unspecified atom stereocenters. The van der Waals surface area contributed by atoms with Gasteiger partial charge in [0.25, 0.3) is 0 Å². The second-order valence-corrected chi connectivity index (χ2v) is 7.41. The van der Waals surface area contributed by atoms with Crippen LogP contribution in [0.1, 0.15) is 80.7 Å². The lowest BCUT2D eigenvalue weighted by Crippen LogP contribution is -2.51. The van der Waals surface area contributed by atoms with Crippen LogP contribution in [-0.4, -0.2) is 50.2 Å². The van der Waals surface area contributed by atoms with Gasteiger partial charge in [-0.3, -0.25) is 9.69 Å². The van der Waals surface area contributed by atoms with E-state index < -0.39 is 75.8 Å². The summed E-state index contributed by atoms with van der Waals surface area (Å²) in [6.07, 6.45) is -4.71. The van der Waals surface area contributed by atoms with Crippen LogP contribution in [-0.2, 0) is 16.0 Å². The van der Waals surface area contributed by atoms with E-state index in [1.54, 1.807) is 4.90 Å². The molecule has 2 N–H and O–H groups in total. The quantitative estimate of drug-likeness (QED) is 0.660. The highest BCUT2D eigenvalue weighted by Crippen LogP contribution is 2.44.